The second-order valence-electron chi connectivity index (χ2n) is 4.15. The molecular formula is C13H13N3S. The standard InChI is InChI=1S/C13H13N3S/c1-7-4-3-5-9-10(6-15-11(7)9)12-13(14)17-8(2)16-12/h3-6,15H,14H2,1-2H3. The Morgan fingerprint density at radius 3 is 2.82 bits per heavy atom. The minimum atomic E-state index is 0.782. The van der Waals surface area contributed by atoms with Gasteiger partial charge in [0, 0.05) is 22.7 Å². The van der Waals surface area contributed by atoms with E-state index in [1.165, 1.54) is 22.3 Å². The van der Waals surface area contributed by atoms with Crippen LogP contribution >= 0.6 is 11.3 Å². The van der Waals surface area contributed by atoms with Crippen LogP contribution in [-0.2, 0) is 0 Å². The van der Waals surface area contributed by atoms with E-state index in [1.807, 2.05) is 13.1 Å². The third kappa shape index (κ3) is 1.52. The summed E-state index contributed by atoms with van der Waals surface area (Å²) in [5.74, 6) is 0. The fourth-order valence-corrected chi connectivity index (χ4v) is 2.85. The summed E-state index contributed by atoms with van der Waals surface area (Å²) in [5.41, 5.74) is 10.4. The summed E-state index contributed by atoms with van der Waals surface area (Å²) in [6.07, 6.45) is 1.99. The smallest absolute Gasteiger partial charge is 0.114 e. The van der Waals surface area contributed by atoms with Crippen LogP contribution in [0, 0.1) is 13.8 Å². The van der Waals surface area contributed by atoms with Gasteiger partial charge in [-0.3, -0.25) is 0 Å². The molecule has 0 amide bonds. The zero-order chi connectivity index (χ0) is 12.0. The van der Waals surface area contributed by atoms with E-state index in [2.05, 4.69) is 35.1 Å². The summed E-state index contributed by atoms with van der Waals surface area (Å²) >= 11 is 1.53. The molecule has 3 aromatic rings. The van der Waals surface area contributed by atoms with Crippen molar-refractivity contribution in [2.24, 2.45) is 0 Å². The minimum Gasteiger partial charge on any atom is -0.389 e. The normalized spacial score (nSPS) is 11.2. The predicted octanol–water partition coefficient (Wildman–Crippen LogP) is 3.49. The van der Waals surface area contributed by atoms with Crippen molar-refractivity contribution in [1.82, 2.24) is 9.97 Å². The number of nitrogens with two attached hydrogens (primary N) is 1. The molecule has 0 fully saturated rings. The van der Waals surface area contributed by atoms with E-state index in [0.717, 1.165) is 26.8 Å². The Labute approximate surface area is 103 Å². The number of para-hydroxylation sites is 1. The lowest BCUT2D eigenvalue weighted by molar-refractivity contribution is 1.30. The second kappa shape index (κ2) is 3.60. The minimum absolute atomic E-state index is 0.782. The van der Waals surface area contributed by atoms with Crippen LogP contribution in [0.5, 0.6) is 0 Å². The van der Waals surface area contributed by atoms with Crippen LogP contribution in [0.1, 0.15) is 10.6 Å². The molecule has 0 aliphatic heterocycles. The van der Waals surface area contributed by atoms with Gasteiger partial charge in [-0.15, -0.1) is 11.3 Å². The van der Waals surface area contributed by atoms with Crippen molar-refractivity contribution >= 4 is 27.2 Å². The van der Waals surface area contributed by atoms with E-state index in [9.17, 15) is 0 Å². The molecule has 4 heteroatoms. The van der Waals surface area contributed by atoms with Gasteiger partial charge < -0.3 is 10.7 Å². The lowest BCUT2D eigenvalue weighted by atomic mass is 10.1. The number of fused-ring (bicyclic) bond motifs is 1. The summed E-state index contributed by atoms with van der Waals surface area (Å²) in [5, 5.41) is 2.96. The molecule has 3 N–H and O–H groups in total. The van der Waals surface area contributed by atoms with Gasteiger partial charge in [-0.25, -0.2) is 4.98 Å². The van der Waals surface area contributed by atoms with Crippen molar-refractivity contribution in [3.05, 3.63) is 35.0 Å². The summed E-state index contributed by atoms with van der Waals surface area (Å²) in [7, 11) is 0. The Balaban J connectivity index is 2.32. The van der Waals surface area contributed by atoms with Gasteiger partial charge >= 0.3 is 0 Å². The lowest BCUT2D eigenvalue weighted by Gasteiger charge is -1.98. The first-order valence-electron chi connectivity index (χ1n) is 5.47. The summed E-state index contributed by atoms with van der Waals surface area (Å²) in [6.45, 7) is 4.07. The van der Waals surface area contributed by atoms with Gasteiger partial charge in [-0.2, -0.15) is 0 Å². The molecule has 0 unspecified atom stereocenters. The Kier molecular flexibility index (Phi) is 2.19. The second-order valence-corrected chi connectivity index (χ2v) is 5.38. The number of aromatic nitrogens is 2. The topological polar surface area (TPSA) is 54.7 Å². The average molecular weight is 243 g/mol. The number of hydrogen-bond donors (Lipinski definition) is 2. The molecule has 0 saturated heterocycles. The summed E-state index contributed by atoms with van der Waals surface area (Å²) in [4.78, 5) is 7.81. The van der Waals surface area contributed by atoms with Crippen molar-refractivity contribution < 1.29 is 0 Å². The number of benzene rings is 1. The summed E-state index contributed by atoms with van der Waals surface area (Å²) < 4.78 is 0. The Morgan fingerprint density at radius 1 is 1.29 bits per heavy atom. The number of aryl methyl sites for hydroxylation is 2. The fourth-order valence-electron chi connectivity index (χ4n) is 2.14. The first kappa shape index (κ1) is 10.4. The van der Waals surface area contributed by atoms with Crippen molar-refractivity contribution in [2.75, 3.05) is 5.73 Å². The highest BCUT2D eigenvalue weighted by Crippen LogP contribution is 2.35. The molecule has 0 aliphatic rings. The molecule has 0 aliphatic carbocycles. The third-order valence-electron chi connectivity index (χ3n) is 2.94. The fraction of sp³-hybridized carbons (Fsp3) is 0.154. The van der Waals surface area contributed by atoms with E-state index >= 15 is 0 Å². The zero-order valence-electron chi connectivity index (χ0n) is 9.74. The number of rotatable bonds is 1. The molecule has 2 aromatic heterocycles. The number of aromatic amines is 1. The van der Waals surface area contributed by atoms with E-state index in [0.29, 0.717) is 0 Å². The average Bonchev–Trinajstić information content (AvgIpc) is 2.83. The van der Waals surface area contributed by atoms with E-state index in [4.69, 9.17) is 5.73 Å². The van der Waals surface area contributed by atoms with Gasteiger partial charge in [-0.1, -0.05) is 18.2 Å². The highest BCUT2D eigenvalue weighted by atomic mass is 32.1. The number of nitrogens with one attached hydrogen (secondary N) is 1. The van der Waals surface area contributed by atoms with E-state index in [-0.39, 0.29) is 0 Å². The number of nitrogens with zero attached hydrogens (tertiary/aromatic N) is 1. The molecule has 0 radical (unpaired) electrons. The molecule has 86 valence electrons. The third-order valence-corrected chi connectivity index (χ3v) is 3.74. The van der Waals surface area contributed by atoms with Gasteiger partial charge in [0.1, 0.15) is 10.7 Å². The Hall–Kier alpha value is -1.81. The highest BCUT2D eigenvalue weighted by Gasteiger charge is 2.13. The summed E-state index contributed by atoms with van der Waals surface area (Å²) in [6, 6.07) is 6.25. The number of anilines is 1. The Morgan fingerprint density at radius 2 is 2.12 bits per heavy atom. The largest absolute Gasteiger partial charge is 0.389 e. The molecule has 0 saturated carbocycles. The van der Waals surface area contributed by atoms with Crippen LogP contribution in [0.15, 0.2) is 24.4 Å². The van der Waals surface area contributed by atoms with Crippen molar-refractivity contribution in [1.29, 1.82) is 0 Å². The van der Waals surface area contributed by atoms with Crippen LogP contribution in [0.25, 0.3) is 22.2 Å². The van der Waals surface area contributed by atoms with Crippen molar-refractivity contribution in [3.63, 3.8) is 0 Å². The van der Waals surface area contributed by atoms with Gasteiger partial charge in [0.15, 0.2) is 0 Å². The van der Waals surface area contributed by atoms with Gasteiger partial charge in [0.2, 0.25) is 0 Å². The van der Waals surface area contributed by atoms with Crippen LogP contribution in [0.2, 0.25) is 0 Å². The van der Waals surface area contributed by atoms with Gasteiger partial charge in [-0.05, 0) is 19.4 Å². The maximum absolute atomic E-state index is 6.00. The molecule has 0 bridgehead atoms. The predicted molar refractivity (Wildman–Crippen MR) is 73.3 cm³/mol. The molecule has 3 nitrogen and oxygen atoms in total. The maximum Gasteiger partial charge on any atom is 0.114 e. The van der Waals surface area contributed by atoms with Crippen LogP contribution in [0.4, 0.5) is 5.00 Å². The quantitative estimate of drug-likeness (QED) is 0.687. The van der Waals surface area contributed by atoms with Gasteiger partial charge in [0.25, 0.3) is 0 Å². The molecule has 1 aromatic carbocycles. The van der Waals surface area contributed by atoms with Crippen LogP contribution in [-0.4, -0.2) is 9.97 Å². The monoisotopic (exact) mass is 243 g/mol. The molecule has 0 spiro atoms. The van der Waals surface area contributed by atoms with Crippen LogP contribution in [0.3, 0.4) is 0 Å². The Bertz CT molecular complexity index is 694. The first-order valence-corrected chi connectivity index (χ1v) is 6.28. The molecule has 0 atom stereocenters. The molecular weight excluding hydrogens is 230 g/mol. The number of H-pyrrole nitrogens is 1. The number of thiazole rings is 1. The van der Waals surface area contributed by atoms with E-state index in [1.54, 1.807) is 0 Å². The lowest BCUT2D eigenvalue weighted by Crippen LogP contribution is -1.84. The van der Waals surface area contributed by atoms with Crippen molar-refractivity contribution in [3.8, 4) is 11.3 Å². The molecule has 17 heavy (non-hydrogen) atoms. The number of nitrogen functional groups attached to an aromatic ring is 1. The molecule has 2 heterocycles. The maximum atomic E-state index is 6.00. The zero-order valence-corrected chi connectivity index (χ0v) is 10.6. The molecule has 3 rings (SSSR count). The first-order chi connectivity index (χ1) is 8.16. The van der Waals surface area contributed by atoms with Crippen LogP contribution < -0.4 is 5.73 Å². The number of hydrogen-bond acceptors (Lipinski definition) is 3. The SMILES string of the molecule is Cc1nc(-c2c[nH]c3c(C)cccc23)c(N)s1. The van der Waals surface area contributed by atoms with Gasteiger partial charge in [0.05, 0.1) is 5.01 Å². The highest BCUT2D eigenvalue weighted by molar-refractivity contribution is 7.16. The van der Waals surface area contributed by atoms with E-state index < -0.39 is 0 Å². The van der Waals surface area contributed by atoms with Crippen molar-refractivity contribution in [2.45, 2.75) is 13.8 Å².